The maximum atomic E-state index is 12.7. The van der Waals surface area contributed by atoms with Crippen molar-refractivity contribution in [2.75, 3.05) is 26.4 Å². The average Bonchev–Trinajstić information content (AvgIpc) is 3.42. The number of allylic oxidation sites excluding steroid dienone is 30. The number of ether oxygens (including phenoxy) is 2. The van der Waals surface area contributed by atoms with E-state index in [1.165, 1.54) is 25.7 Å². The summed E-state index contributed by atoms with van der Waals surface area (Å²) in [5.41, 5.74) is 5.37. The van der Waals surface area contributed by atoms with E-state index in [-0.39, 0.29) is 32.6 Å². The van der Waals surface area contributed by atoms with Crippen molar-refractivity contribution in [3.05, 3.63) is 182 Å². The zero-order chi connectivity index (χ0) is 55.9. The smallest absolute Gasteiger partial charge is 0.462 e. The summed E-state index contributed by atoms with van der Waals surface area (Å²) in [4.78, 5) is 35.1. The highest BCUT2D eigenvalue weighted by Crippen LogP contribution is 2.43. The molecule has 0 spiro atoms. The first-order chi connectivity index (χ1) is 37.8. The van der Waals surface area contributed by atoms with Gasteiger partial charge in [0.1, 0.15) is 6.61 Å². The van der Waals surface area contributed by atoms with Gasteiger partial charge in [0.15, 0.2) is 6.10 Å². The number of hydrogen-bond acceptors (Lipinski definition) is 8. The third kappa shape index (κ3) is 60.2. The minimum Gasteiger partial charge on any atom is -0.462 e. The number of phosphoric acid groups is 1. The normalized spacial score (nSPS) is 14.4. The Morgan fingerprint density at radius 3 is 1.04 bits per heavy atom. The van der Waals surface area contributed by atoms with Crippen LogP contribution in [0.3, 0.4) is 0 Å². The Morgan fingerprint density at radius 1 is 0.390 bits per heavy atom. The molecule has 2 atom stereocenters. The molecule has 0 aromatic carbocycles. The Hall–Kier alpha value is -4.89. The standard InChI is InChI=1S/C67H104NO8P/c1-3-5-7-9-11-13-15-17-19-21-22-23-24-25-26-27-28-29-30-31-32-33-34-35-36-37-38-39-40-41-42-44-46-48-50-52-54-56-58-60-67(70)76-65(64-75-77(71,72)74-62-61-68)63-73-66(69)59-57-55-53-51-49-47-45-43-20-18-16-14-12-10-8-6-4-2/h5-8,11-14,17-20,22-23,25-26,28-29,31-32,34-35,37-38,40-41,45,47,51,53,65H,3-4,9-10,15-16,21,24,27,30,33,36,39,42-44,46,48-50,52,54-64,68H2,1-2H3,(H,71,72)/b7-5-,8-6-,13-11-,14-12-,19-17-,20-18-,23-22-,26-25-,29-28-,32-31-,35-34-,38-37-,41-40-,47-45-,53-51-. The summed E-state index contributed by atoms with van der Waals surface area (Å²) in [5.74, 6) is -0.922. The third-order valence-electron chi connectivity index (χ3n) is 11.3. The van der Waals surface area contributed by atoms with Crippen LogP contribution in [-0.2, 0) is 32.7 Å². The molecule has 0 aliphatic heterocycles. The van der Waals surface area contributed by atoms with Crippen molar-refractivity contribution in [2.45, 2.75) is 200 Å². The second-order valence-electron chi connectivity index (χ2n) is 18.4. The van der Waals surface area contributed by atoms with Crippen molar-refractivity contribution in [1.82, 2.24) is 0 Å². The summed E-state index contributed by atoms with van der Waals surface area (Å²) in [7, 11) is -4.42. The van der Waals surface area contributed by atoms with E-state index in [0.29, 0.717) is 12.8 Å². The minimum atomic E-state index is -4.42. The molecule has 0 heterocycles. The van der Waals surface area contributed by atoms with Gasteiger partial charge >= 0.3 is 19.8 Å². The Labute approximate surface area is 469 Å². The van der Waals surface area contributed by atoms with Crippen LogP contribution in [0.4, 0.5) is 0 Å². The summed E-state index contributed by atoms with van der Waals surface area (Å²) in [6.07, 6.45) is 91.0. The summed E-state index contributed by atoms with van der Waals surface area (Å²) in [5, 5.41) is 0. The second-order valence-corrected chi connectivity index (χ2v) is 19.8. The molecule has 0 aromatic rings. The molecule has 2 unspecified atom stereocenters. The molecule has 77 heavy (non-hydrogen) atoms. The van der Waals surface area contributed by atoms with Crippen molar-refractivity contribution in [3.63, 3.8) is 0 Å². The molecule has 0 radical (unpaired) electrons. The van der Waals surface area contributed by atoms with Crippen molar-refractivity contribution < 1.29 is 37.6 Å². The molecule has 0 bridgehead atoms. The molecule has 9 nitrogen and oxygen atoms in total. The number of carbonyl (C=O) groups excluding carboxylic acids is 2. The fourth-order valence-corrected chi connectivity index (χ4v) is 7.82. The molecule has 10 heteroatoms. The van der Waals surface area contributed by atoms with Crippen LogP contribution in [0.5, 0.6) is 0 Å². The highest BCUT2D eigenvalue weighted by molar-refractivity contribution is 7.47. The van der Waals surface area contributed by atoms with Crippen LogP contribution in [0.2, 0.25) is 0 Å². The SMILES string of the molecule is CC/C=C\C/C=C\C/C=C\C/C=C\C/C=C\C/C=C\C/C=C\C/C=C\C/C=C\C/C=C\CCCCCCCCCCC(=O)OC(COC(=O)CCC/C=C\C/C=C\C/C=C\C/C=C\C/C=C\CC)COP(=O)(O)OCCN. The molecular weight excluding hydrogens is 978 g/mol. The lowest BCUT2D eigenvalue weighted by Crippen LogP contribution is -2.29. The van der Waals surface area contributed by atoms with Gasteiger partial charge in [0.25, 0.3) is 0 Å². The van der Waals surface area contributed by atoms with E-state index in [9.17, 15) is 19.0 Å². The summed E-state index contributed by atoms with van der Waals surface area (Å²) >= 11 is 0. The van der Waals surface area contributed by atoms with E-state index in [2.05, 4.69) is 190 Å². The van der Waals surface area contributed by atoms with Crippen LogP contribution < -0.4 is 5.73 Å². The molecule has 0 aromatic heterocycles. The van der Waals surface area contributed by atoms with Crippen LogP contribution in [0.15, 0.2) is 182 Å². The van der Waals surface area contributed by atoms with Crippen molar-refractivity contribution in [1.29, 1.82) is 0 Å². The van der Waals surface area contributed by atoms with Crippen LogP contribution in [-0.4, -0.2) is 49.3 Å². The number of unbranched alkanes of at least 4 members (excludes halogenated alkanes) is 9. The van der Waals surface area contributed by atoms with E-state index in [0.717, 1.165) is 128 Å². The van der Waals surface area contributed by atoms with Crippen LogP contribution in [0, 0.1) is 0 Å². The highest BCUT2D eigenvalue weighted by atomic mass is 31.2. The Kier molecular flexibility index (Phi) is 56.5. The molecule has 0 saturated carbocycles. The topological polar surface area (TPSA) is 134 Å². The van der Waals surface area contributed by atoms with Crippen LogP contribution in [0.1, 0.15) is 194 Å². The van der Waals surface area contributed by atoms with E-state index >= 15 is 0 Å². The van der Waals surface area contributed by atoms with Gasteiger partial charge in [0, 0.05) is 19.4 Å². The van der Waals surface area contributed by atoms with Gasteiger partial charge < -0.3 is 20.1 Å². The van der Waals surface area contributed by atoms with E-state index in [4.69, 9.17) is 24.3 Å². The van der Waals surface area contributed by atoms with Gasteiger partial charge in [-0.25, -0.2) is 4.57 Å². The number of rotatable bonds is 52. The van der Waals surface area contributed by atoms with Crippen molar-refractivity contribution in [2.24, 2.45) is 5.73 Å². The van der Waals surface area contributed by atoms with E-state index < -0.39 is 32.5 Å². The van der Waals surface area contributed by atoms with Gasteiger partial charge in [-0.15, -0.1) is 0 Å². The maximum absolute atomic E-state index is 12.7. The first-order valence-electron chi connectivity index (χ1n) is 29.3. The zero-order valence-corrected chi connectivity index (χ0v) is 48.7. The third-order valence-corrected chi connectivity index (χ3v) is 12.3. The van der Waals surface area contributed by atoms with E-state index in [1.807, 2.05) is 6.08 Å². The number of phosphoric ester groups is 1. The summed E-state index contributed by atoms with van der Waals surface area (Å²) in [6, 6.07) is 0. The second kappa shape index (κ2) is 60.3. The lowest BCUT2D eigenvalue weighted by molar-refractivity contribution is -0.161. The van der Waals surface area contributed by atoms with Gasteiger partial charge in [0.05, 0.1) is 13.2 Å². The predicted molar refractivity (Wildman–Crippen MR) is 329 cm³/mol. The Balaban J connectivity index is 4.07. The molecule has 0 amide bonds. The van der Waals surface area contributed by atoms with Crippen molar-refractivity contribution >= 4 is 19.8 Å². The number of esters is 2. The number of nitrogens with two attached hydrogens (primary N) is 1. The van der Waals surface area contributed by atoms with Gasteiger partial charge in [-0.1, -0.05) is 235 Å². The van der Waals surface area contributed by atoms with Gasteiger partial charge in [-0.3, -0.25) is 18.6 Å². The first kappa shape index (κ1) is 72.1. The van der Waals surface area contributed by atoms with Crippen molar-refractivity contribution in [3.8, 4) is 0 Å². The molecule has 0 aliphatic carbocycles. The van der Waals surface area contributed by atoms with Gasteiger partial charge in [-0.05, 0) is 128 Å². The first-order valence-corrected chi connectivity index (χ1v) is 30.8. The highest BCUT2D eigenvalue weighted by Gasteiger charge is 2.26. The largest absolute Gasteiger partial charge is 0.472 e. The van der Waals surface area contributed by atoms with Gasteiger partial charge in [0.2, 0.25) is 0 Å². The monoisotopic (exact) mass is 1080 g/mol. The average molecular weight is 1080 g/mol. The fraction of sp³-hybridized carbons (Fsp3) is 0.522. The lowest BCUT2D eigenvalue weighted by Gasteiger charge is -2.19. The summed E-state index contributed by atoms with van der Waals surface area (Å²) < 4.78 is 32.9. The minimum absolute atomic E-state index is 0.0343. The summed E-state index contributed by atoms with van der Waals surface area (Å²) in [6.45, 7) is 3.40. The zero-order valence-electron chi connectivity index (χ0n) is 47.9. The molecule has 0 fully saturated rings. The lowest BCUT2D eigenvalue weighted by atomic mass is 10.1. The quantitative estimate of drug-likeness (QED) is 0.0264. The molecule has 3 N–H and O–H groups in total. The van der Waals surface area contributed by atoms with Gasteiger partial charge in [-0.2, -0.15) is 0 Å². The Morgan fingerprint density at radius 2 is 0.688 bits per heavy atom. The molecular formula is C67H104NO8P. The number of carbonyl (C=O) groups is 2. The van der Waals surface area contributed by atoms with E-state index in [1.54, 1.807) is 0 Å². The molecule has 0 rings (SSSR count). The Bertz CT molecular complexity index is 1910. The maximum Gasteiger partial charge on any atom is 0.472 e. The van der Waals surface area contributed by atoms with Crippen LogP contribution >= 0.6 is 7.82 Å². The number of hydrogen-bond donors (Lipinski definition) is 2. The molecule has 0 aliphatic rings. The fourth-order valence-electron chi connectivity index (χ4n) is 7.05. The molecule has 0 saturated heterocycles. The molecule has 430 valence electrons. The predicted octanol–water partition coefficient (Wildman–Crippen LogP) is 18.8. The van der Waals surface area contributed by atoms with Crippen LogP contribution in [0.25, 0.3) is 0 Å².